The molecule has 1 aliphatic heterocycles. The van der Waals surface area contributed by atoms with Gasteiger partial charge in [0.1, 0.15) is 0 Å². The van der Waals surface area contributed by atoms with E-state index in [4.69, 9.17) is 0 Å². The molecule has 1 N–H and O–H groups in total. The van der Waals surface area contributed by atoms with Crippen LogP contribution in [0.1, 0.15) is 78.1 Å². The number of hydrogen-bond acceptors (Lipinski definition) is 2. The monoisotopic (exact) mass is 278 g/mol. The Labute approximate surface area is 125 Å². The Hall–Kier alpha value is -0.0800. The van der Waals surface area contributed by atoms with Gasteiger partial charge >= 0.3 is 0 Å². The molecule has 0 radical (unpaired) electrons. The van der Waals surface area contributed by atoms with Crippen molar-refractivity contribution in [2.24, 2.45) is 5.41 Å². The molecule has 0 aromatic carbocycles. The van der Waals surface area contributed by atoms with Crippen molar-refractivity contribution in [2.75, 3.05) is 19.6 Å². The van der Waals surface area contributed by atoms with Gasteiger partial charge in [-0.15, -0.1) is 0 Å². The Balaban J connectivity index is 1.67. The highest BCUT2D eigenvalue weighted by Gasteiger charge is 2.42. The molecule has 2 nitrogen and oxygen atoms in total. The van der Waals surface area contributed by atoms with Gasteiger partial charge < -0.3 is 5.32 Å². The van der Waals surface area contributed by atoms with Gasteiger partial charge in [0, 0.05) is 31.2 Å². The van der Waals surface area contributed by atoms with Crippen LogP contribution in [0, 0.1) is 5.41 Å². The van der Waals surface area contributed by atoms with E-state index in [2.05, 4.69) is 24.1 Å². The molecule has 0 aromatic heterocycles. The van der Waals surface area contributed by atoms with Gasteiger partial charge in [-0.25, -0.2) is 0 Å². The van der Waals surface area contributed by atoms with Crippen molar-refractivity contribution in [1.82, 2.24) is 10.2 Å². The van der Waals surface area contributed by atoms with Crippen LogP contribution in [0.25, 0.3) is 0 Å². The molecule has 20 heavy (non-hydrogen) atoms. The zero-order chi connectivity index (χ0) is 14.1. The molecule has 1 atom stereocenters. The summed E-state index contributed by atoms with van der Waals surface area (Å²) in [5.74, 6) is 0. The van der Waals surface area contributed by atoms with E-state index < -0.39 is 0 Å². The minimum Gasteiger partial charge on any atom is -0.308 e. The second kappa shape index (κ2) is 5.96. The average Bonchev–Trinajstić information content (AvgIpc) is 2.88. The van der Waals surface area contributed by atoms with Crippen molar-refractivity contribution in [3.05, 3.63) is 0 Å². The Morgan fingerprint density at radius 3 is 2.30 bits per heavy atom. The zero-order valence-corrected chi connectivity index (χ0v) is 13.7. The highest BCUT2D eigenvalue weighted by atomic mass is 15.3. The first-order chi connectivity index (χ1) is 9.65. The van der Waals surface area contributed by atoms with Crippen LogP contribution in [0.3, 0.4) is 0 Å². The molecule has 1 saturated heterocycles. The molecule has 1 unspecified atom stereocenters. The number of rotatable bonds is 3. The molecule has 0 bridgehead atoms. The Morgan fingerprint density at radius 2 is 1.65 bits per heavy atom. The summed E-state index contributed by atoms with van der Waals surface area (Å²) in [6, 6.07) is 0.778. The first kappa shape index (κ1) is 14.8. The highest BCUT2D eigenvalue weighted by molar-refractivity contribution is 5.01. The predicted octanol–water partition coefficient (Wildman–Crippen LogP) is 3.95. The molecule has 2 saturated carbocycles. The average molecular weight is 278 g/mol. The highest BCUT2D eigenvalue weighted by Crippen LogP contribution is 2.39. The molecule has 3 aliphatic rings. The largest absolute Gasteiger partial charge is 0.308 e. The third kappa shape index (κ3) is 3.06. The summed E-state index contributed by atoms with van der Waals surface area (Å²) in [7, 11) is 0. The lowest BCUT2D eigenvalue weighted by Crippen LogP contribution is -2.64. The van der Waals surface area contributed by atoms with Gasteiger partial charge in [-0.3, -0.25) is 4.90 Å². The van der Waals surface area contributed by atoms with Crippen molar-refractivity contribution >= 4 is 0 Å². The minimum atomic E-state index is 0.483. The molecule has 1 heterocycles. The molecular weight excluding hydrogens is 244 g/mol. The fraction of sp³-hybridized carbons (Fsp3) is 1.00. The molecule has 2 aliphatic carbocycles. The molecule has 2 heteroatoms. The van der Waals surface area contributed by atoms with Crippen LogP contribution in [-0.4, -0.2) is 36.1 Å². The van der Waals surface area contributed by atoms with E-state index in [1.54, 1.807) is 0 Å². The quantitative estimate of drug-likeness (QED) is 0.841. The number of piperazine rings is 1. The van der Waals surface area contributed by atoms with Gasteiger partial charge in [-0.05, 0) is 37.5 Å². The molecule has 116 valence electrons. The van der Waals surface area contributed by atoms with E-state index in [1.807, 2.05) is 0 Å². The maximum absolute atomic E-state index is 3.93. The Kier molecular flexibility index (Phi) is 4.42. The first-order valence-corrected chi connectivity index (χ1v) is 9.14. The van der Waals surface area contributed by atoms with Crippen molar-refractivity contribution in [2.45, 2.75) is 89.6 Å². The van der Waals surface area contributed by atoms with Crippen LogP contribution in [-0.2, 0) is 0 Å². The van der Waals surface area contributed by atoms with Crippen LogP contribution in [0.2, 0.25) is 0 Å². The maximum Gasteiger partial charge on any atom is 0.0309 e. The normalized spacial score (nSPS) is 33.6. The van der Waals surface area contributed by atoms with Crippen LogP contribution >= 0.6 is 0 Å². The van der Waals surface area contributed by atoms with Crippen LogP contribution < -0.4 is 5.32 Å². The summed E-state index contributed by atoms with van der Waals surface area (Å²) in [5, 5.41) is 3.93. The third-order valence-corrected chi connectivity index (χ3v) is 6.41. The van der Waals surface area contributed by atoms with Gasteiger partial charge in [-0.1, -0.05) is 46.0 Å². The summed E-state index contributed by atoms with van der Waals surface area (Å²) < 4.78 is 0. The van der Waals surface area contributed by atoms with Crippen molar-refractivity contribution in [3.8, 4) is 0 Å². The van der Waals surface area contributed by atoms with E-state index in [9.17, 15) is 0 Å². The van der Waals surface area contributed by atoms with E-state index in [-0.39, 0.29) is 0 Å². The summed E-state index contributed by atoms with van der Waals surface area (Å²) in [6.45, 7) is 8.83. The van der Waals surface area contributed by atoms with E-state index in [0.29, 0.717) is 11.0 Å². The van der Waals surface area contributed by atoms with Crippen LogP contribution in [0.5, 0.6) is 0 Å². The van der Waals surface area contributed by atoms with E-state index in [0.717, 1.165) is 6.04 Å². The summed E-state index contributed by atoms with van der Waals surface area (Å²) in [5.41, 5.74) is 1.08. The number of hydrogen-bond donors (Lipinski definition) is 1. The zero-order valence-electron chi connectivity index (χ0n) is 13.7. The molecule has 1 spiro atoms. The third-order valence-electron chi connectivity index (χ3n) is 6.41. The van der Waals surface area contributed by atoms with Gasteiger partial charge in [-0.2, -0.15) is 0 Å². The molecule has 3 rings (SSSR count). The summed E-state index contributed by atoms with van der Waals surface area (Å²) in [6.07, 6.45) is 14.3. The van der Waals surface area contributed by atoms with E-state index in [1.165, 1.54) is 83.8 Å². The number of nitrogens with one attached hydrogen (secondary N) is 1. The predicted molar refractivity (Wildman–Crippen MR) is 86.0 cm³/mol. The van der Waals surface area contributed by atoms with E-state index >= 15 is 0 Å². The topological polar surface area (TPSA) is 15.3 Å². The van der Waals surface area contributed by atoms with Gasteiger partial charge in [0.25, 0.3) is 0 Å². The van der Waals surface area contributed by atoms with Crippen molar-refractivity contribution < 1.29 is 0 Å². The summed E-state index contributed by atoms with van der Waals surface area (Å²) >= 11 is 0. The Bertz CT molecular complexity index is 313. The summed E-state index contributed by atoms with van der Waals surface area (Å²) in [4.78, 5) is 2.88. The maximum atomic E-state index is 3.93. The lowest BCUT2D eigenvalue weighted by atomic mass is 9.74. The van der Waals surface area contributed by atoms with Crippen molar-refractivity contribution in [1.29, 1.82) is 0 Å². The standard InChI is InChI=1S/C18H34N2/c1-3-16-13-19-18(11-7-8-12-18)15-20(16)14-17(2)9-5-4-6-10-17/h16,19H,3-15H2,1-2H3. The molecular formula is C18H34N2. The van der Waals surface area contributed by atoms with Crippen LogP contribution in [0.15, 0.2) is 0 Å². The molecule has 3 fully saturated rings. The van der Waals surface area contributed by atoms with Gasteiger partial charge in [0.2, 0.25) is 0 Å². The molecule has 0 aromatic rings. The molecule has 0 amide bonds. The minimum absolute atomic E-state index is 0.483. The SMILES string of the molecule is CCC1CNC2(CCCC2)CN1CC1(C)CCCCC1. The van der Waals surface area contributed by atoms with Gasteiger partial charge in [0.05, 0.1) is 0 Å². The van der Waals surface area contributed by atoms with Crippen LogP contribution in [0.4, 0.5) is 0 Å². The lowest BCUT2D eigenvalue weighted by molar-refractivity contribution is 0.0289. The second-order valence-corrected chi connectivity index (χ2v) is 8.21. The smallest absolute Gasteiger partial charge is 0.0309 e. The van der Waals surface area contributed by atoms with Gasteiger partial charge in [0.15, 0.2) is 0 Å². The first-order valence-electron chi connectivity index (χ1n) is 9.14. The lowest BCUT2D eigenvalue weighted by Gasteiger charge is -2.49. The number of nitrogens with zero attached hydrogens (tertiary/aromatic N) is 1. The fourth-order valence-corrected chi connectivity index (χ4v) is 5.07. The fourth-order valence-electron chi connectivity index (χ4n) is 5.07. The van der Waals surface area contributed by atoms with Crippen molar-refractivity contribution in [3.63, 3.8) is 0 Å². The Morgan fingerprint density at radius 1 is 1.00 bits per heavy atom. The second-order valence-electron chi connectivity index (χ2n) is 8.21.